The molecule has 0 saturated carbocycles. The maximum Gasteiger partial charge on any atom is 0.245 e. The number of carbonyl (C=O) groups is 2. The lowest BCUT2D eigenvalue weighted by Gasteiger charge is -2.34. The highest BCUT2D eigenvalue weighted by Gasteiger charge is 2.24. The van der Waals surface area contributed by atoms with E-state index in [1.165, 1.54) is 0 Å². The number of hydrogen-bond acceptors (Lipinski definition) is 5. The maximum absolute atomic E-state index is 12.6. The molecular weight excluding hydrogens is 406 g/mol. The minimum Gasteiger partial charge on any atom is -0.375 e. The fraction of sp³-hybridized carbons (Fsp3) is 0.542. The third-order valence-electron chi connectivity index (χ3n) is 6.10. The Bertz CT molecular complexity index is 860. The number of anilines is 1. The van der Waals surface area contributed by atoms with Crippen LogP contribution in [0.5, 0.6) is 0 Å². The van der Waals surface area contributed by atoms with Crippen LogP contribution in [0.25, 0.3) is 0 Å². The molecule has 2 N–H and O–H groups in total. The Hall–Kier alpha value is -2.71. The van der Waals surface area contributed by atoms with Crippen molar-refractivity contribution in [3.63, 3.8) is 0 Å². The monoisotopic (exact) mass is 441 g/mol. The number of carbonyl (C=O) groups excluding carboxylic acids is 2. The zero-order valence-electron chi connectivity index (χ0n) is 19.3. The molecule has 32 heavy (non-hydrogen) atoms. The normalized spacial score (nSPS) is 15.7. The van der Waals surface area contributed by atoms with Gasteiger partial charge in [0.15, 0.2) is 5.82 Å². The van der Waals surface area contributed by atoms with E-state index >= 15 is 0 Å². The van der Waals surface area contributed by atoms with Crippen LogP contribution < -0.4 is 10.6 Å². The standard InChI is InChI=1S/C24H35N5O3/c1-18(2)20-9-11-29(12-10-20)23(30)14-28-13-22(26-17-28)27-24(31)21(25-3)16-32-15-19-7-5-4-6-8-19/h4-8,13,17-18,20-21,25H,9-12,14-16H2,1-3H3,(H,27,31)/t21-/m1/s1. The highest BCUT2D eigenvalue weighted by molar-refractivity contribution is 5.94. The second kappa shape index (κ2) is 11.8. The molecule has 0 unspecified atom stereocenters. The Morgan fingerprint density at radius 3 is 2.56 bits per heavy atom. The van der Waals surface area contributed by atoms with Gasteiger partial charge in [0.25, 0.3) is 0 Å². The lowest BCUT2D eigenvalue weighted by atomic mass is 9.87. The summed E-state index contributed by atoms with van der Waals surface area (Å²) in [7, 11) is 1.72. The molecule has 1 saturated heterocycles. The molecular formula is C24H35N5O3. The van der Waals surface area contributed by atoms with Gasteiger partial charge in [0.05, 0.1) is 19.5 Å². The largest absolute Gasteiger partial charge is 0.375 e. The van der Waals surface area contributed by atoms with E-state index in [-0.39, 0.29) is 25.0 Å². The van der Waals surface area contributed by atoms with Crippen molar-refractivity contribution < 1.29 is 14.3 Å². The molecule has 1 fully saturated rings. The number of piperidine rings is 1. The molecule has 0 bridgehead atoms. The first-order valence-corrected chi connectivity index (χ1v) is 11.4. The van der Waals surface area contributed by atoms with Crippen LogP contribution in [0.3, 0.4) is 0 Å². The summed E-state index contributed by atoms with van der Waals surface area (Å²) >= 11 is 0. The van der Waals surface area contributed by atoms with E-state index < -0.39 is 6.04 Å². The maximum atomic E-state index is 12.6. The first kappa shape index (κ1) is 23.9. The number of amides is 2. The van der Waals surface area contributed by atoms with Gasteiger partial charge in [-0.25, -0.2) is 4.98 Å². The topological polar surface area (TPSA) is 88.5 Å². The molecule has 1 aliphatic rings. The number of rotatable bonds is 10. The van der Waals surface area contributed by atoms with E-state index in [9.17, 15) is 9.59 Å². The van der Waals surface area contributed by atoms with Crippen molar-refractivity contribution >= 4 is 17.6 Å². The Balaban J connectivity index is 1.44. The van der Waals surface area contributed by atoms with Crippen molar-refractivity contribution in [2.45, 2.75) is 45.9 Å². The first-order chi connectivity index (χ1) is 15.5. The van der Waals surface area contributed by atoms with Gasteiger partial charge in [-0.3, -0.25) is 9.59 Å². The average Bonchev–Trinajstić information content (AvgIpc) is 3.23. The highest BCUT2D eigenvalue weighted by Crippen LogP contribution is 2.24. The molecule has 1 atom stereocenters. The third-order valence-corrected chi connectivity index (χ3v) is 6.10. The molecule has 1 aliphatic heterocycles. The molecule has 3 rings (SSSR count). The van der Waals surface area contributed by atoms with E-state index in [1.807, 2.05) is 35.2 Å². The van der Waals surface area contributed by atoms with E-state index in [2.05, 4.69) is 29.5 Å². The molecule has 0 spiro atoms. The van der Waals surface area contributed by atoms with Crippen LogP contribution in [0.1, 0.15) is 32.3 Å². The zero-order valence-corrected chi connectivity index (χ0v) is 19.3. The molecule has 0 aliphatic carbocycles. The minimum atomic E-state index is -0.507. The second-order valence-corrected chi connectivity index (χ2v) is 8.72. The summed E-state index contributed by atoms with van der Waals surface area (Å²) in [5.74, 6) is 1.64. The molecule has 8 nitrogen and oxygen atoms in total. The Kier molecular flexibility index (Phi) is 8.81. The van der Waals surface area contributed by atoms with Gasteiger partial charge in [0, 0.05) is 19.3 Å². The van der Waals surface area contributed by atoms with Crippen LogP contribution in [0.2, 0.25) is 0 Å². The molecule has 2 heterocycles. The fourth-order valence-electron chi connectivity index (χ4n) is 3.96. The van der Waals surface area contributed by atoms with Gasteiger partial charge in [-0.05, 0) is 37.3 Å². The number of hydrogen-bond donors (Lipinski definition) is 2. The SMILES string of the molecule is CN[C@H](COCc1ccccc1)C(=O)Nc1cn(CC(=O)N2CCC(C(C)C)CC2)cn1. The van der Waals surface area contributed by atoms with Crippen LogP contribution >= 0.6 is 0 Å². The second-order valence-electron chi connectivity index (χ2n) is 8.72. The summed E-state index contributed by atoms with van der Waals surface area (Å²) < 4.78 is 7.39. The summed E-state index contributed by atoms with van der Waals surface area (Å²) in [4.78, 5) is 31.4. The molecule has 2 aromatic rings. The summed E-state index contributed by atoms with van der Waals surface area (Å²) in [5.41, 5.74) is 1.06. The van der Waals surface area contributed by atoms with Crippen molar-refractivity contribution in [3.8, 4) is 0 Å². The number of likely N-dealkylation sites (N-methyl/N-ethyl adjacent to an activating group) is 1. The van der Waals surface area contributed by atoms with Crippen LogP contribution in [0.15, 0.2) is 42.9 Å². The van der Waals surface area contributed by atoms with Crippen LogP contribution in [0, 0.1) is 11.8 Å². The predicted molar refractivity (Wildman–Crippen MR) is 124 cm³/mol. The van der Waals surface area contributed by atoms with Crippen LogP contribution in [0.4, 0.5) is 5.82 Å². The first-order valence-electron chi connectivity index (χ1n) is 11.4. The predicted octanol–water partition coefficient (Wildman–Crippen LogP) is 2.52. The van der Waals surface area contributed by atoms with Gasteiger partial charge in [-0.15, -0.1) is 0 Å². The summed E-state index contributed by atoms with van der Waals surface area (Å²) in [6.45, 7) is 7.03. The van der Waals surface area contributed by atoms with Gasteiger partial charge in [-0.1, -0.05) is 44.2 Å². The Morgan fingerprint density at radius 1 is 1.19 bits per heavy atom. The van der Waals surface area contributed by atoms with Crippen molar-refractivity contribution in [2.24, 2.45) is 11.8 Å². The van der Waals surface area contributed by atoms with Crippen molar-refractivity contribution in [2.75, 3.05) is 32.1 Å². The molecule has 0 radical (unpaired) electrons. The smallest absolute Gasteiger partial charge is 0.245 e. The summed E-state index contributed by atoms with van der Waals surface area (Å²) in [6, 6.07) is 9.32. The minimum absolute atomic E-state index is 0.0879. The lowest BCUT2D eigenvalue weighted by molar-refractivity contribution is -0.133. The van der Waals surface area contributed by atoms with Gasteiger partial charge >= 0.3 is 0 Å². The average molecular weight is 442 g/mol. The Morgan fingerprint density at radius 2 is 1.91 bits per heavy atom. The highest BCUT2D eigenvalue weighted by atomic mass is 16.5. The van der Waals surface area contributed by atoms with Crippen molar-refractivity contribution in [1.82, 2.24) is 19.8 Å². The van der Waals surface area contributed by atoms with E-state index in [1.54, 1.807) is 24.1 Å². The quantitative estimate of drug-likeness (QED) is 0.592. The molecule has 1 aromatic carbocycles. The van der Waals surface area contributed by atoms with Crippen molar-refractivity contribution in [1.29, 1.82) is 0 Å². The van der Waals surface area contributed by atoms with Gasteiger partial charge < -0.3 is 24.8 Å². The number of ether oxygens (including phenoxy) is 1. The number of aromatic nitrogens is 2. The van der Waals surface area contributed by atoms with E-state index in [0.29, 0.717) is 24.3 Å². The molecule has 2 amide bonds. The van der Waals surface area contributed by atoms with Gasteiger partial charge in [0.1, 0.15) is 12.6 Å². The molecule has 174 valence electrons. The third kappa shape index (κ3) is 6.90. The van der Waals surface area contributed by atoms with E-state index in [4.69, 9.17) is 4.74 Å². The zero-order chi connectivity index (χ0) is 22.9. The van der Waals surface area contributed by atoms with Crippen LogP contribution in [-0.4, -0.2) is 59.1 Å². The lowest BCUT2D eigenvalue weighted by Crippen LogP contribution is -2.42. The Labute approximate surface area is 190 Å². The number of imidazole rings is 1. The molecule has 8 heteroatoms. The fourth-order valence-corrected chi connectivity index (χ4v) is 3.96. The van der Waals surface area contributed by atoms with Gasteiger partial charge in [0.2, 0.25) is 11.8 Å². The van der Waals surface area contributed by atoms with Crippen molar-refractivity contribution in [3.05, 3.63) is 48.4 Å². The van der Waals surface area contributed by atoms with E-state index in [0.717, 1.165) is 31.5 Å². The summed E-state index contributed by atoms with van der Waals surface area (Å²) in [5, 5.41) is 5.76. The number of nitrogens with zero attached hydrogens (tertiary/aromatic N) is 3. The number of benzene rings is 1. The van der Waals surface area contributed by atoms with Gasteiger partial charge in [-0.2, -0.15) is 0 Å². The number of nitrogens with one attached hydrogen (secondary N) is 2. The number of likely N-dealkylation sites (tertiary alicyclic amines) is 1. The summed E-state index contributed by atoms with van der Waals surface area (Å²) in [6.07, 6.45) is 5.39. The van der Waals surface area contributed by atoms with Crippen LogP contribution in [-0.2, 0) is 27.5 Å². The molecule has 1 aromatic heterocycles.